The largest absolute Gasteiger partial charge is 0.449 e. The van der Waals surface area contributed by atoms with Gasteiger partial charge in [0.1, 0.15) is 5.82 Å². The molecule has 6 heteroatoms. The lowest BCUT2D eigenvalue weighted by Gasteiger charge is -2.21. The topological polar surface area (TPSA) is 55.4 Å². The number of carbonyl (C=O) groups is 2. The van der Waals surface area contributed by atoms with Crippen LogP contribution in [-0.4, -0.2) is 18.0 Å². The van der Waals surface area contributed by atoms with Crippen molar-refractivity contribution in [1.82, 2.24) is 5.32 Å². The highest BCUT2D eigenvalue weighted by Crippen LogP contribution is 2.19. The van der Waals surface area contributed by atoms with Crippen LogP contribution in [-0.2, 0) is 9.53 Å². The molecule has 0 saturated carbocycles. The van der Waals surface area contributed by atoms with Crippen molar-refractivity contribution in [3.8, 4) is 0 Å². The molecular formula is C20H21ClFNO3. The second-order valence-electron chi connectivity index (χ2n) is 5.93. The molecule has 0 saturated heterocycles. The molecular weight excluding hydrogens is 357 g/mol. The molecule has 0 aliphatic heterocycles. The zero-order valence-corrected chi connectivity index (χ0v) is 15.4. The van der Waals surface area contributed by atoms with Crippen molar-refractivity contribution < 1.29 is 18.7 Å². The molecule has 0 aromatic heterocycles. The van der Waals surface area contributed by atoms with E-state index >= 15 is 0 Å². The van der Waals surface area contributed by atoms with Gasteiger partial charge in [0.15, 0.2) is 6.10 Å². The fourth-order valence-electron chi connectivity index (χ4n) is 2.52. The van der Waals surface area contributed by atoms with Crippen LogP contribution in [0.15, 0.2) is 48.5 Å². The molecule has 1 N–H and O–H groups in total. The maximum Gasteiger partial charge on any atom is 0.341 e. The zero-order chi connectivity index (χ0) is 19.1. The molecule has 0 spiro atoms. The molecule has 0 unspecified atom stereocenters. The van der Waals surface area contributed by atoms with E-state index in [0.717, 1.165) is 24.5 Å². The Kier molecular flexibility index (Phi) is 7.16. The Labute approximate surface area is 157 Å². The Morgan fingerprint density at radius 2 is 1.88 bits per heavy atom. The molecule has 2 atom stereocenters. The van der Waals surface area contributed by atoms with E-state index in [0.29, 0.717) is 0 Å². The summed E-state index contributed by atoms with van der Waals surface area (Å²) in [6.07, 6.45) is 0.560. The van der Waals surface area contributed by atoms with Crippen LogP contribution in [0.3, 0.4) is 0 Å². The third kappa shape index (κ3) is 5.30. The second kappa shape index (κ2) is 9.34. The van der Waals surface area contributed by atoms with Crippen LogP contribution in [0.2, 0.25) is 5.02 Å². The van der Waals surface area contributed by atoms with Crippen molar-refractivity contribution in [2.45, 2.75) is 38.8 Å². The van der Waals surface area contributed by atoms with Gasteiger partial charge in [-0.1, -0.05) is 55.3 Å². The summed E-state index contributed by atoms with van der Waals surface area (Å²) in [6.45, 7) is 3.47. The Balaban J connectivity index is 2.04. The van der Waals surface area contributed by atoms with E-state index < -0.39 is 23.8 Å². The SMILES string of the molecule is CCC[C@H](NC(=O)[C@@H](C)OC(=O)c1cc(Cl)ccc1F)c1ccccc1. The minimum Gasteiger partial charge on any atom is -0.449 e. The van der Waals surface area contributed by atoms with Gasteiger partial charge in [-0.2, -0.15) is 0 Å². The van der Waals surface area contributed by atoms with Crippen LogP contribution in [0.1, 0.15) is 48.7 Å². The van der Waals surface area contributed by atoms with E-state index in [9.17, 15) is 14.0 Å². The molecule has 2 rings (SSSR count). The Hall–Kier alpha value is -2.40. The standard InChI is InChI=1S/C20H21ClFNO3/c1-3-7-18(14-8-5-4-6-9-14)23-19(24)13(2)26-20(25)16-12-15(21)10-11-17(16)22/h4-6,8-13,18H,3,7H2,1-2H3,(H,23,24)/t13-,18+/m1/s1. The van der Waals surface area contributed by atoms with E-state index in [1.807, 2.05) is 37.3 Å². The number of amides is 1. The molecule has 26 heavy (non-hydrogen) atoms. The Morgan fingerprint density at radius 3 is 2.54 bits per heavy atom. The summed E-state index contributed by atoms with van der Waals surface area (Å²) < 4.78 is 18.8. The first kappa shape index (κ1) is 19.9. The monoisotopic (exact) mass is 377 g/mol. The first-order valence-corrected chi connectivity index (χ1v) is 8.81. The summed E-state index contributed by atoms with van der Waals surface area (Å²) in [7, 11) is 0. The van der Waals surface area contributed by atoms with Crippen molar-refractivity contribution in [1.29, 1.82) is 0 Å². The maximum absolute atomic E-state index is 13.7. The van der Waals surface area contributed by atoms with Gasteiger partial charge in [0.05, 0.1) is 11.6 Å². The van der Waals surface area contributed by atoms with Crippen molar-refractivity contribution >= 4 is 23.5 Å². The van der Waals surface area contributed by atoms with Crippen molar-refractivity contribution in [3.05, 3.63) is 70.5 Å². The molecule has 0 radical (unpaired) electrons. The summed E-state index contributed by atoms with van der Waals surface area (Å²) in [5.74, 6) is -2.12. The van der Waals surface area contributed by atoms with Crippen LogP contribution in [0.4, 0.5) is 4.39 Å². The van der Waals surface area contributed by atoms with E-state index in [2.05, 4.69) is 5.32 Å². The van der Waals surface area contributed by atoms with Crippen LogP contribution in [0, 0.1) is 5.82 Å². The molecule has 2 aromatic rings. The van der Waals surface area contributed by atoms with E-state index in [4.69, 9.17) is 16.3 Å². The first-order valence-electron chi connectivity index (χ1n) is 8.43. The molecule has 4 nitrogen and oxygen atoms in total. The number of rotatable bonds is 7. The van der Waals surface area contributed by atoms with Crippen LogP contribution in [0.25, 0.3) is 0 Å². The highest BCUT2D eigenvalue weighted by Gasteiger charge is 2.23. The molecule has 0 fully saturated rings. The van der Waals surface area contributed by atoms with Crippen molar-refractivity contribution in [2.75, 3.05) is 0 Å². The van der Waals surface area contributed by atoms with Crippen LogP contribution >= 0.6 is 11.6 Å². The number of esters is 1. The highest BCUT2D eigenvalue weighted by atomic mass is 35.5. The Morgan fingerprint density at radius 1 is 1.19 bits per heavy atom. The fourth-order valence-corrected chi connectivity index (χ4v) is 2.69. The lowest BCUT2D eigenvalue weighted by Crippen LogP contribution is -2.38. The summed E-state index contributed by atoms with van der Waals surface area (Å²) >= 11 is 5.78. The summed E-state index contributed by atoms with van der Waals surface area (Å²) in [5.41, 5.74) is 0.674. The van der Waals surface area contributed by atoms with Gasteiger partial charge >= 0.3 is 5.97 Å². The molecule has 138 valence electrons. The predicted octanol–water partition coefficient (Wildman–Crippen LogP) is 4.68. The molecule has 0 heterocycles. The molecule has 1 amide bonds. The smallest absolute Gasteiger partial charge is 0.341 e. The number of halogens is 2. The minimum atomic E-state index is -1.07. The van der Waals surface area contributed by atoms with E-state index in [-0.39, 0.29) is 16.6 Å². The third-order valence-electron chi connectivity index (χ3n) is 3.90. The van der Waals surface area contributed by atoms with Gasteiger partial charge in [-0.3, -0.25) is 4.79 Å². The second-order valence-corrected chi connectivity index (χ2v) is 6.37. The van der Waals surface area contributed by atoms with Crippen LogP contribution < -0.4 is 5.32 Å². The lowest BCUT2D eigenvalue weighted by molar-refractivity contribution is -0.129. The zero-order valence-electron chi connectivity index (χ0n) is 14.7. The first-order chi connectivity index (χ1) is 12.4. The van der Waals surface area contributed by atoms with Gasteiger partial charge in [0, 0.05) is 5.02 Å². The van der Waals surface area contributed by atoms with Crippen molar-refractivity contribution in [3.63, 3.8) is 0 Å². The molecule has 0 aliphatic carbocycles. The van der Waals surface area contributed by atoms with Gasteiger partial charge in [0.2, 0.25) is 0 Å². The van der Waals surface area contributed by atoms with Gasteiger partial charge in [-0.05, 0) is 37.1 Å². The number of carbonyl (C=O) groups excluding carboxylic acids is 2. The minimum absolute atomic E-state index is 0.183. The fraction of sp³-hybridized carbons (Fsp3) is 0.300. The summed E-state index contributed by atoms with van der Waals surface area (Å²) in [4.78, 5) is 24.5. The predicted molar refractivity (Wildman–Crippen MR) is 98.5 cm³/mol. The Bertz CT molecular complexity index is 767. The number of hydrogen-bond donors (Lipinski definition) is 1. The van der Waals surface area contributed by atoms with Crippen molar-refractivity contribution in [2.24, 2.45) is 0 Å². The number of ether oxygens (including phenoxy) is 1. The summed E-state index contributed by atoms with van der Waals surface area (Å²) in [5, 5.41) is 3.09. The molecule has 0 bridgehead atoms. The van der Waals surface area contributed by atoms with Gasteiger partial charge in [-0.25, -0.2) is 9.18 Å². The number of nitrogens with one attached hydrogen (secondary N) is 1. The average Bonchev–Trinajstić information content (AvgIpc) is 2.63. The van der Waals surface area contributed by atoms with E-state index in [1.54, 1.807) is 0 Å². The normalized spacial score (nSPS) is 12.9. The number of benzene rings is 2. The third-order valence-corrected chi connectivity index (χ3v) is 4.13. The van der Waals surface area contributed by atoms with E-state index in [1.165, 1.54) is 19.1 Å². The highest BCUT2D eigenvalue weighted by molar-refractivity contribution is 6.30. The average molecular weight is 378 g/mol. The maximum atomic E-state index is 13.7. The van der Waals surface area contributed by atoms with Gasteiger partial charge < -0.3 is 10.1 Å². The molecule has 0 aliphatic rings. The number of hydrogen-bond acceptors (Lipinski definition) is 3. The molecule has 2 aromatic carbocycles. The van der Waals surface area contributed by atoms with Gasteiger partial charge in [0.25, 0.3) is 5.91 Å². The van der Waals surface area contributed by atoms with Gasteiger partial charge in [-0.15, -0.1) is 0 Å². The quantitative estimate of drug-likeness (QED) is 0.712. The lowest BCUT2D eigenvalue weighted by atomic mass is 10.0. The van der Waals surface area contributed by atoms with Crippen LogP contribution in [0.5, 0.6) is 0 Å². The summed E-state index contributed by atoms with van der Waals surface area (Å²) in [6, 6.07) is 13.0.